The Morgan fingerprint density at radius 3 is 1.21 bits per heavy atom. The highest BCUT2D eigenvalue weighted by atomic mass is 16.5. The monoisotopic (exact) mass is 328 g/mol. The largest absolute Gasteiger partial charge is 0.496 e. The number of benzene rings is 2. The lowest BCUT2D eigenvalue weighted by Crippen LogP contribution is -1.94. The predicted octanol–water partition coefficient (Wildman–Crippen LogP) is 6.25. The Labute approximate surface area is 147 Å². The van der Waals surface area contributed by atoms with Crippen molar-refractivity contribution in [2.75, 3.05) is 14.2 Å². The molecule has 0 N–H and O–H groups in total. The molecule has 0 saturated carbocycles. The van der Waals surface area contributed by atoms with Crippen molar-refractivity contribution >= 4 is 0 Å². The molecule has 0 fully saturated rings. The van der Waals surface area contributed by atoms with E-state index in [1.807, 2.05) is 0 Å². The molecular weight excluding hydrogens is 296 g/mol. The normalized spacial score (nSPS) is 10.4. The van der Waals surface area contributed by atoms with Gasteiger partial charge in [-0.3, -0.25) is 0 Å². The van der Waals surface area contributed by atoms with Gasteiger partial charge in [0.15, 0.2) is 0 Å². The smallest absolute Gasteiger partial charge is 0.122 e. The molecule has 2 heteroatoms. The van der Waals surface area contributed by atoms with Crippen LogP contribution in [0.5, 0.6) is 11.5 Å². The fourth-order valence-electron chi connectivity index (χ4n) is 2.59. The minimum atomic E-state index is 0.528. The Kier molecular flexibility index (Phi) is 7.84. The van der Waals surface area contributed by atoms with Crippen molar-refractivity contribution in [2.24, 2.45) is 0 Å². The van der Waals surface area contributed by atoms with E-state index in [2.05, 4.69) is 77.9 Å². The van der Waals surface area contributed by atoms with Gasteiger partial charge in [-0.25, -0.2) is 0 Å². The first-order valence-electron chi connectivity index (χ1n) is 8.59. The number of aryl methyl sites for hydroxylation is 2. The number of rotatable bonds is 4. The molecule has 2 nitrogen and oxygen atoms in total. The highest BCUT2D eigenvalue weighted by Gasteiger charge is 2.06. The summed E-state index contributed by atoms with van der Waals surface area (Å²) >= 11 is 0. The first kappa shape index (κ1) is 20.1. The molecule has 0 aliphatic carbocycles. The molecule has 0 atom stereocenters. The molecule has 0 bridgehead atoms. The van der Waals surface area contributed by atoms with Crippen LogP contribution in [0.1, 0.15) is 61.8 Å². The summed E-state index contributed by atoms with van der Waals surface area (Å²) < 4.78 is 10.6. The van der Waals surface area contributed by atoms with Crippen LogP contribution in [0, 0.1) is 13.8 Å². The van der Waals surface area contributed by atoms with Crippen LogP contribution < -0.4 is 9.47 Å². The van der Waals surface area contributed by atoms with Crippen LogP contribution >= 0.6 is 0 Å². The Morgan fingerprint density at radius 2 is 0.958 bits per heavy atom. The summed E-state index contributed by atoms with van der Waals surface area (Å²) in [5.41, 5.74) is 5.05. The first-order valence-corrected chi connectivity index (χ1v) is 8.59. The average Bonchev–Trinajstić information content (AvgIpc) is 2.54. The second-order valence-corrected chi connectivity index (χ2v) is 6.80. The van der Waals surface area contributed by atoms with Crippen LogP contribution in [0.15, 0.2) is 36.4 Å². The van der Waals surface area contributed by atoms with Crippen molar-refractivity contribution in [1.82, 2.24) is 0 Å². The second kappa shape index (κ2) is 9.36. The topological polar surface area (TPSA) is 18.5 Å². The van der Waals surface area contributed by atoms with Gasteiger partial charge in [0.05, 0.1) is 14.2 Å². The Balaban J connectivity index is 0.000000240. The zero-order valence-corrected chi connectivity index (χ0v) is 16.4. The van der Waals surface area contributed by atoms with E-state index >= 15 is 0 Å². The molecule has 2 rings (SSSR count). The predicted molar refractivity (Wildman–Crippen MR) is 104 cm³/mol. The Hall–Kier alpha value is -1.96. The number of hydrogen-bond donors (Lipinski definition) is 0. The summed E-state index contributed by atoms with van der Waals surface area (Å²) in [4.78, 5) is 0. The van der Waals surface area contributed by atoms with Gasteiger partial charge in [-0.2, -0.15) is 0 Å². The summed E-state index contributed by atoms with van der Waals surface area (Å²) in [6, 6.07) is 12.7. The van der Waals surface area contributed by atoms with Crippen molar-refractivity contribution in [1.29, 1.82) is 0 Å². The van der Waals surface area contributed by atoms with Gasteiger partial charge in [0, 0.05) is 0 Å². The van der Waals surface area contributed by atoms with Crippen molar-refractivity contribution in [3.63, 3.8) is 0 Å². The summed E-state index contributed by atoms with van der Waals surface area (Å²) in [5, 5.41) is 0. The molecule has 2 aromatic carbocycles. The van der Waals surface area contributed by atoms with Gasteiger partial charge in [0.25, 0.3) is 0 Å². The molecule has 0 aliphatic rings. The van der Waals surface area contributed by atoms with Crippen molar-refractivity contribution in [3.8, 4) is 11.5 Å². The van der Waals surface area contributed by atoms with E-state index in [-0.39, 0.29) is 0 Å². The fourth-order valence-corrected chi connectivity index (χ4v) is 2.59. The van der Waals surface area contributed by atoms with Gasteiger partial charge in [-0.15, -0.1) is 0 Å². The molecular formula is C22H32O2. The van der Waals surface area contributed by atoms with Crippen LogP contribution in [0.4, 0.5) is 0 Å². The van der Waals surface area contributed by atoms with Gasteiger partial charge in [0.1, 0.15) is 11.5 Å². The van der Waals surface area contributed by atoms with Crippen LogP contribution in [-0.2, 0) is 0 Å². The molecule has 0 aromatic heterocycles. The molecule has 0 spiro atoms. The third-order valence-corrected chi connectivity index (χ3v) is 4.02. The molecule has 0 saturated heterocycles. The molecule has 132 valence electrons. The minimum absolute atomic E-state index is 0.528. The first-order chi connectivity index (χ1) is 11.3. The molecule has 0 radical (unpaired) electrons. The van der Waals surface area contributed by atoms with E-state index in [0.29, 0.717) is 11.8 Å². The molecule has 0 heterocycles. The lowest BCUT2D eigenvalue weighted by molar-refractivity contribution is 0.407. The third kappa shape index (κ3) is 5.59. The highest BCUT2D eigenvalue weighted by molar-refractivity contribution is 5.39. The number of methoxy groups -OCH3 is 2. The van der Waals surface area contributed by atoms with E-state index < -0.39 is 0 Å². The van der Waals surface area contributed by atoms with Crippen molar-refractivity contribution < 1.29 is 9.47 Å². The SMILES string of the molecule is COc1cc(C)ccc1C(C)C.COc1cc(C)ccc1C(C)C. The van der Waals surface area contributed by atoms with Crippen molar-refractivity contribution in [2.45, 2.75) is 53.4 Å². The molecule has 24 heavy (non-hydrogen) atoms. The third-order valence-electron chi connectivity index (χ3n) is 4.02. The number of hydrogen-bond acceptors (Lipinski definition) is 2. The van der Waals surface area contributed by atoms with Crippen LogP contribution in [0.3, 0.4) is 0 Å². The van der Waals surface area contributed by atoms with E-state index in [0.717, 1.165) is 11.5 Å². The van der Waals surface area contributed by atoms with Gasteiger partial charge in [-0.1, -0.05) is 52.0 Å². The summed E-state index contributed by atoms with van der Waals surface area (Å²) in [7, 11) is 3.45. The zero-order valence-electron chi connectivity index (χ0n) is 16.4. The van der Waals surface area contributed by atoms with E-state index in [9.17, 15) is 0 Å². The van der Waals surface area contributed by atoms with Gasteiger partial charge >= 0.3 is 0 Å². The Bertz CT molecular complexity index is 585. The van der Waals surface area contributed by atoms with Crippen LogP contribution in [0.25, 0.3) is 0 Å². The number of ether oxygens (including phenoxy) is 2. The van der Waals surface area contributed by atoms with Gasteiger partial charge < -0.3 is 9.47 Å². The van der Waals surface area contributed by atoms with E-state index in [1.54, 1.807) is 14.2 Å². The summed E-state index contributed by atoms with van der Waals surface area (Å²) in [6.45, 7) is 12.8. The van der Waals surface area contributed by atoms with Crippen LogP contribution in [-0.4, -0.2) is 14.2 Å². The fraction of sp³-hybridized carbons (Fsp3) is 0.455. The highest BCUT2D eigenvalue weighted by Crippen LogP contribution is 2.27. The maximum Gasteiger partial charge on any atom is 0.122 e. The van der Waals surface area contributed by atoms with E-state index in [1.165, 1.54) is 22.3 Å². The van der Waals surface area contributed by atoms with E-state index in [4.69, 9.17) is 9.47 Å². The van der Waals surface area contributed by atoms with Gasteiger partial charge in [0.2, 0.25) is 0 Å². The molecule has 0 amide bonds. The van der Waals surface area contributed by atoms with Gasteiger partial charge in [-0.05, 0) is 60.1 Å². The maximum atomic E-state index is 5.29. The molecule has 2 aromatic rings. The average molecular weight is 328 g/mol. The maximum absolute atomic E-state index is 5.29. The molecule has 0 aliphatic heterocycles. The quantitative estimate of drug-likeness (QED) is 0.660. The second-order valence-electron chi connectivity index (χ2n) is 6.80. The van der Waals surface area contributed by atoms with Crippen molar-refractivity contribution in [3.05, 3.63) is 58.7 Å². The lowest BCUT2D eigenvalue weighted by atomic mass is 10.0. The summed E-state index contributed by atoms with van der Waals surface area (Å²) in [5.74, 6) is 3.07. The molecule has 0 unspecified atom stereocenters. The minimum Gasteiger partial charge on any atom is -0.496 e. The summed E-state index contributed by atoms with van der Waals surface area (Å²) in [6.07, 6.45) is 0. The standard InChI is InChI=1S/2C11H16O/c2*1-8(2)10-6-5-9(3)7-11(10)12-4/h2*5-8H,1-4H3. The van der Waals surface area contributed by atoms with Crippen LogP contribution in [0.2, 0.25) is 0 Å². The lowest BCUT2D eigenvalue weighted by Gasteiger charge is -2.11. The zero-order chi connectivity index (χ0) is 18.3. The Morgan fingerprint density at radius 1 is 0.625 bits per heavy atom.